The number of carbonyl (C=O) groups is 1. The van der Waals surface area contributed by atoms with Gasteiger partial charge in [0.2, 0.25) is 15.9 Å². The van der Waals surface area contributed by atoms with Gasteiger partial charge >= 0.3 is 0 Å². The number of rotatable bonds is 4. The van der Waals surface area contributed by atoms with Crippen LogP contribution >= 0.6 is 0 Å². The second kappa shape index (κ2) is 5.98. The second-order valence-electron chi connectivity index (χ2n) is 6.05. The van der Waals surface area contributed by atoms with Gasteiger partial charge in [-0.05, 0) is 24.0 Å². The molecule has 0 unspecified atom stereocenters. The molecule has 1 amide bonds. The maximum Gasteiger partial charge on any atom is 0.243 e. The van der Waals surface area contributed by atoms with Crippen molar-refractivity contribution in [1.29, 1.82) is 0 Å². The van der Waals surface area contributed by atoms with Crippen LogP contribution in [0.15, 0.2) is 35.2 Å². The summed E-state index contributed by atoms with van der Waals surface area (Å²) >= 11 is 0. The van der Waals surface area contributed by atoms with E-state index in [4.69, 9.17) is 0 Å². The van der Waals surface area contributed by atoms with Crippen LogP contribution in [0.25, 0.3) is 0 Å². The molecule has 6 nitrogen and oxygen atoms in total. The van der Waals surface area contributed by atoms with Crippen molar-refractivity contribution in [2.45, 2.75) is 4.90 Å². The molecule has 2 aliphatic heterocycles. The lowest BCUT2D eigenvalue weighted by atomic mass is 10.0. The molecule has 0 spiro atoms. The van der Waals surface area contributed by atoms with Gasteiger partial charge in [-0.25, -0.2) is 8.42 Å². The highest BCUT2D eigenvalue weighted by molar-refractivity contribution is 7.89. The van der Waals surface area contributed by atoms with Gasteiger partial charge in [-0.15, -0.1) is 0 Å². The molecular weight excluding hydrogens is 302 g/mol. The number of amides is 1. The third kappa shape index (κ3) is 2.88. The molecule has 0 aliphatic carbocycles. The van der Waals surface area contributed by atoms with Crippen LogP contribution in [0.4, 0.5) is 0 Å². The van der Waals surface area contributed by atoms with E-state index in [1.165, 1.54) is 7.05 Å². The van der Waals surface area contributed by atoms with Crippen LogP contribution in [0.1, 0.15) is 0 Å². The second-order valence-corrected chi connectivity index (χ2v) is 8.10. The van der Waals surface area contributed by atoms with Crippen molar-refractivity contribution in [1.82, 2.24) is 14.5 Å². The Balaban J connectivity index is 1.64. The Hall–Kier alpha value is -1.44. The molecule has 22 heavy (non-hydrogen) atoms. The highest BCUT2D eigenvalue weighted by atomic mass is 32.2. The summed E-state index contributed by atoms with van der Waals surface area (Å²) in [6, 6.07) is 8.21. The number of likely N-dealkylation sites (N-methyl/N-ethyl adjacent to an activating group) is 1. The maximum absolute atomic E-state index is 12.4. The predicted octanol–water partition coefficient (Wildman–Crippen LogP) is -0.0151. The Labute approximate surface area is 131 Å². The monoisotopic (exact) mass is 323 g/mol. The number of likely N-dealkylation sites (tertiary alicyclic amines) is 1. The summed E-state index contributed by atoms with van der Waals surface area (Å²) in [5, 5.41) is 3.33. The van der Waals surface area contributed by atoms with Crippen molar-refractivity contribution < 1.29 is 13.2 Å². The minimum Gasteiger partial charge on any atom is -0.341 e. The van der Waals surface area contributed by atoms with Gasteiger partial charge in [0.25, 0.3) is 0 Å². The Morgan fingerprint density at radius 2 is 1.82 bits per heavy atom. The number of benzene rings is 1. The number of nitrogens with one attached hydrogen (secondary N) is 1. The molecule has 0 aromatic heterocycles. The van der Waals surface area contributed by atoms with Crippen molar-refractivity contribution in [3.8, 4) is 0 Å². The molecule has 2 fully saturated rings. The van der Waals surface area contributed by atoms with Crippen LogP contribution in [-0.2, 0) is 14.8 Å². The zero-order valence-electron chi connectivity index (χ0n) is 12.6. The zero-order valence-corrected chi connectivity index (χ0v) is 13.4. The third-order valence-electron chi connectivity index (χ3n) is 4.55. The normalized spacial score (nSPS) is 24.7. The van der Waals surface area contributed by atoms with Gasteiger partial charge < -0.3 is 10.2 Å². The Morgan fingerprint density at radius 3 is 2.41 bits per heavy atom. The molecule has 2 heterocycles. The first-order valence-electron chi connectivity index (χ1n) is 7.48. The fourth-order valence-electron chi connectivity index (χ4n) is 3.21. The summed E-state index contributed by atoms with van der Waals surface area (Å²) < 4.78 is 26.0. The van der Waals surface area contributed by atoms with Crippen LogP contribution in [0, 0.1) is 11.8 Å². The molecule has 1 N–H and O–H groups in total. The SMILES string of the molecule is CN(CC(=O)N1C[C@H]2CNC[C@H]2C1)S(=O)(=O)c1ccccc1. The minimum atomic E-state index is -3.61. The Kier molecular flexibility index (Phi) is 4.20. The van der Waals surface area contributed by atoms with E-state index < -0.39 is 10.0 Å². The van der Waals surface area contributed by atoms with Crippen molar-refractivity contribution in [2.24, 2.45) is 11.8 Å². The van der Waals surface area contributed by atoms with Crippen molar-refractivity contribution >= 4 is 15.9 Å². The van der Waals surface area contributed by atoms with Gasteiger partial charge in [0, 0.05) is 33.2 Å². The van der Waals surface area contributed by atoms with E-state index >= 15 is 0 Å². The van der Waals surface area contributed by atoms with Crippen LogP contribution in [0.5, 0.6) is 0 Å². The topological polar surface area (TPSA) is 69.7 Å². The molecule has 0 bridgehead atoms. The Bertz CT molecular complexity index is 635. The molecule has 1 aromatic carbocycles. The largest absolute Gasteiger partial charge is 0.341 e. The summed E-state index contributed by atoms with van der Waals surface area (Å²) in [6.45, 7) is 3.26. The Morgan fingerprint density at radius 1 is 1.23 bits per heavy atom. The molecule has 7 heteroatoms. The predicted molar refractivity (Wildman–Crippen MR) is 82.7 cm³/mol. The van der Waals surface area contributed by atoms with E-state index in [1.54, 1.807) is 35.2 Å². The maximum atomic E-state index is 12.4. The fourth-order valence-corrected chi connectivity index (χ4v) is 4.35. The summed E-state index contributed by atoms with van der Waals surface area (Å²) in [7, 11) is -2.15. The van der Waals surface area contributed by atoms with E-state index in [1.807, 2.05) is 0 Å². The first kappa shape index (κ1) is 15.5. The highest BCUT2D eigenvalue weighted by Crippen LogP contribution is 2.26. The van der Waals surface area contributed by atoms with Gasteiger partial charge in [0.1, 0.15) is 0 Å². The number of hydrogen-bond donors (Lipinski definition) is 1. The van der Waals surface area contributed by atoms with Gasteiger partial charge in [-0.3, -0.25) is 4.79 Å². The van der Waals surface area contributed by atoms with Gasteiger partial charge in [-0.2, -0.15) is 4.31 Å². The van der Waals surface area contributed by atoms with Gasteiger partial charge in [0.15, 0.2) is 0 Å². The highest BCUT2D eigenvalue weighted by Gasteiger charge is 2.38. The number of carbonyl (C=O) groups excluding carboxylic acids is 1. The number of nitrogens with zero attached hydrogens (tertiary/aromatic N) is 2. The average molecular weight is 323 g/mol. The number of hydrogen-bond acceptors (Lipinski definition) is 4. The molecule has 0 radical (unpaired) electrons. The first-order valence-corrected chi connectivity index (χ1v) is 8.92. The van der Waals surface area contributed by atoms with Gasteiger partial charge in [-0.1, -0.05) is 18.2 Å². The summed E-state index contributed by atoms with van der Waals surface area (Å²) in [5.41, 5.74) is 0. The van der Waals surface area contributed by atoms with E-state index in [0.717, 1.165) is 30.5 Å². The molecule has 1 aromatic rings. The minimum absolute atomic E-state index is 0.107. The molecule has 2 saturated heterocycles. The van der Waals surface area contributed by atoms with Crippen LogP contribution in [0.3, 0.4) is 0 Å². The lowest BCUT2D eigenvalue weighted by molar-refractivity contribution is -0.130. The summed E-state index contributed by atoms with van der Waals surface area (Å²) in [4.78, 5) is 14.4. The molecule has 120 valence electrons. The average Bonchev–Trinajstić information content (AvgIpc) is 3.09. The first-order chi connectivity index (χ1) is 10.5. The molecule has 0 saturated carbocycles. The van der Waals surface area contributed by atoms with E-state index in [9.17, 15) is 13.2 Å². The third-order valence-corrected chi connectivity index (χ3v) is 6.37. The smallest absolute Gasteiger partial charge is 0.243 e. The quantitative estimate of drug-likeness (QED) is 0.846. The summed E-state index contributed by atoms with van der Waals surface area (Å²) in [6.07, 6.45) is 0. The molecule has 3 rings (SSSR count). The van der Waals surface area contributed by atoms with Crippen molar-refractivity contribution in [3.63, 3.8) is 0 Å². The fraction of sp³-hybridized carbons (Fsp3) is 0.533. The van der Waals surface area contributed by atoms with E-state index in [2.05, 4.69) is 5.32 Å². The number of fused-ring (bicyclic) bond motifs is 1. The summed E-state index contributed by atoms with van der Waals surface area (Å²) in [5.74, 6) is 0.913. The van der Waals surface area contributed by atoms with E-state index in [0.29, 0.717) is 11.8 Å². The van der Waals surface area contributed by atoms with Crippen LogP contribution < -0.4 is 5.32 Å². The number of sulfonamides is 1. The van der Waals surface area contributed by atoms with Crippen molar-refractivity contribution in [2.75, 3.05) is 39.8 Å². The van der Waals surface area contributed by atoms with Crippen LogP contribution in [0.2, 0.25) is 0 Å². The molecule has 2 atom stereocenters. The molecular formula is C15H21N3O3S. The standard InChI is InChI=1S/C15H21N3O3S/c1-17(22(20,21)14-5-3-2-4-6-14)11-15(19)18-9-12-7-16-8-13(12)10-18/h2-6,12-13,16H,7-11H2,1H3/t12-,13+. The van der Waals surface area contributed by atoms with E-state index in [-0.39, 0.29) is 17.3 Å². The molecule has 2 aliphatic rings. The lowest BCUT2D eigenvalue weighted by Crippen LogP contribution is -2.41. The van der Waals surface area contributed by atoms with Crippen molar-refractivity contribution in [3.05, 3.63) is 30.3 Å². The lowest BCUT2D eigenvalue weighted by Gasteiger charge is -2.22. The van der Waals surface area contributed by atoms with Crippen LogP contribution in [-0.4, -0.2) is 63.3 Å². The zero-order chi connectivity index (χ0) is 15.7. The van der Waals surface area contributed by atoms with Gasteiger partial charge in [0.05, 0.1) is 11.4 Å².